The molecule has 5 N–H and O–H groups in total. The standard InChI is InChI=1S/C30H37N7O/c1-36-16-14-24(15-17-36)32-23-10-6-20(7-11-23)30(38)33-29-19-26(34-35-29)28-18-21-4-2-3-5-27(21)37(28)25-12-8-22(31)9-13-25/h2-7,10-11,18-19,22,24-25,32H,8-9,12-17,31H2,1H3,(H2,33,34,35,38). The van der Waals surface area contributed by atoms with Crippen LogP contribution in [0.4, 0.5) is 11.5 Å². The van der Waals surface area contributed by atoms with Gasteiger partial charge in [-0.1, -0.05) is 18.2 Å². The van der Waals surface area contributed by atoms with Crippen LogP contribution in [0.25, 0.3) is 22.3 Å². The highest BCUT2D eigenvalue weighted by atomic mass is 16.1. The monoisotopic (exact) mass is 511 g/mol. The number of hydrogen-bond acceptors (Lipinski definition) is 5. The van der Waals surface area contributed by atoms with E-state index in [1.165, 1.54) is 10.9 Å². The van der Waals surface area contributed by atoms with Gasteiger partial charge in [0.15, 0.2) is 5.82 Å². The minimum absolute atomic E-state index is 0.171. The summed E-state index contributed by atoms with van der Waals surface area (Å²) in [4.78, 5) is 15.3. The van der Waals surface area contributed by atoms with E-state index < -0.39 is 0 Å². The fourth-order valence-corrected chi connectivity index (χ4v) is 5.95. The van der Waals surface area contributed by atoms with Gasteiger partial charge in [-0.3, -0.25) is 9.89 Å². The molecule has 0 bridgehead atoms. The lowest BCUT2D eigenvalue weighted by Gasteiger charge is -2.30. The fourth-order valence-electron chi connectivity index (χ4n) is 5.95. The van der Waals surface area contributed by atoms with Crippen LogP contribution < -0.4 is 16.4 Å². The number of amides is 1. The molecule has 2 fully saturated rings. The number of aromatic nitrogens is 3. The SMILES string of the molecule is CN1CCC(Nc2ccc(C(=O)Nc3cc(-c4cc5ccccc5n4C4CCC(N)CC4)[nH]n3)cc2)CC1. The van der Waals surface area contributed by atoms with Crippen LogP contribution in [0.3, 0.4) is 0 Å². The second-order valence-corrected chi connectivity index (χ2v) is 10.9. The number of anilines is 2. The maximum absolute atomic E-state index is 13.0. The van der Waals surface area contributed by atoms with Gasteiger partial charge in [0, 0.05) is 46.3 Å². The smallest absolute Gasteiger partial charge is 0.256 e. The van der Waals surface area contributed by atoms with Crippen molar-refractivity contribution in [3.8, 4) is 11.4 Å². The van der Waals surface area contributed by atoms with Crippen molar-refractivity contribution in [2.45, 2.75) is 56.7 Å². The van der Waals surface area contributed by atoms with E-state index in [0.29, 0.717) is 29.5 Å². The summed E-state index contributed by atoms with van der Waals surface area (Å²) >= 11 is 0. The summed E-state index contributed by atoms with van der Waals surface area (Å²) in [7, 11) is 2.17. The lowest BCUT2D eigenvalue weighted by molar-refractivity contribution is 0.102. The molecule has 0 unspecified atom stereocenters. The topological polar surface area (TPSA) is 104 Å². The van der Waals surface area contributed by atoms with Gasteiger partial charge in [-0.2, -0.15) is 5.10 Å². The number of para-hydroxylation sites is 1. The van der Waals surface area contributed by atoms with Crippen LogP contribution in [-0.4, -0.2) is 57.8 Å². The summed E-state index contributed by atoms with van der Waals surface area (Å²) in [5.41, 5.74) is 11.1. The molecule has 8 heteroatoms. The molecule has 1 saturated carbocycles. The number of fused-ring (bicyclic) bond motifs is 1. The van der Waals surface area contributed by atoms with E-state index in [4.69, 9.17) is 5.73 Å². The van der Waals surface area contributed by atoms with Crippen LogP contribution in [0.2, 0.25) is 0 Å². The van der Waals surface area contributed by atoms with E-state index in [2.05, 4.69) is 67.7 Å². The second kappa shape index (κ2) is 10.6. The van der Waals surface area contributed by atoms with Gasteiger partial charge >= 0.3 is 0 Å². The first-order chi connectivity index (χ1) is 18.5. The molecule has 0 radical (unpaired) electrons. The second-order valence-electron chi connectivity index (χ2n) is 10.9. The number of benzene rings is 2. The zero-order valence-corrected chi connectivity index (χ0v) is 22.0. The average molecular weight is 512 g/mol. The number of carbonyl (C=O) groups is 1. The van der Waals surface area contributed by atoms with Crippen molar-refractivity contribution in [3.63, 3.8) is 0 Å². The Kier molecular flexibility index (Phi) is 6.91. The van der Waals surface area contributed by atoms with Gasteiger partial charge in [0.2, 0.25) is 0 Å². The molecule has 8 nitrogen and oxygen atoms in total. The maximum atomic E-state index is 13.0. The molecule has 0 atom stereocenters. The summed E-state index contributed by atoms with van der Waals surface area (Å²) < 4.78 is 2.43. The number of rotatable bonds is 6. The van der Waals surface area contributed by atoms with Crippen LogP contribution in [0.5, 0.6) is 0 Å². The number of piperidine rings is 1. The maximum Gasteiger partial charge on any atom is 0.256 e. The Morgan fingerprint density at radius 1 is 0.974 bits per heavy atom. The van der Waals surface area contributed by atoms with Crippen molar-refractivity contribution in [3.05, 3.63) is 66.2 Å². The molecule has 0 spiro atoms. The molecule has 6 rings (SSSR count). The van der Waals surface area contributed by atoms with E-state index in [9.17, 15) is 4.79 Å². The summed E-state index contributed by atoms with van der Waals surface area (Å²) in [5.74, 6) is 0.344. The predicted molar refractivity (Wildman–Crippen MR) is 154 cm³/mol. The Balaban J connectivity index is 1.16. The molecule has 3 heterocycles. The lowest BCUT2D eigenvalue weighted by atomic mass is 9.91. The van der Waals surface area contributed by atoms with Gasteiger partial charge in [-0.25, -0.2) is 0 Å². The number of nitrogens with two attached hydrogens (primary N) is 1. The predicted octanol–water partition coefficient (Wildman–Crippen LogP) is 5.23. The minimum atomic E-state index is -0.171. The Morgan fingerprint density at radius 3 is 2.47 bits per heavy atom. The summed E-state index contributed by atoms with van der Waals surface area (Å²) in [6.07, 6.45) is 6.46. The van der Waals surface area contributed by atoms with Gasteiger partial charge in [-0.05, 0) is 95.1 Å². The molecule has 38 heavy (non-hydrogen) atoms. The highest BCUT2D eigenvalue weighted by molar-refractivity contribution is 6.04. The van der Waals surface area contributed by atoms with Crippen molar-refractivity contribution in [1.29, 1.82) is 0 Å². The molecule has 1 aliphatic heterocycles. The molecule has 1 amide bonds. The third-order valence-corrected chi connectivity index (χ3v) is 8.19. The van der Waals surface area contributed by atoms with Gasteiger partial charge in [0.1, 0.15) is 0 Å². The Hall–Kier alpha value is -3.62. The van der Waals surface area contributed by atoms with Crippen molar-refractivity contribution in [1.82, 2.24) is 19.7 Å². The van der Waals surface area contributed by atoms with Crippen molar-refractivity contribution < 1.29 is 4.79 Å². The summed E-state index contributed by atoms with van der Waals surface area (Å²) in [6.45, 7) is 2.22. The van der Waals surface area contributed by atoms with Crippen LogP contribution in [0, 0.1) is 0 Å². The number of likely N-dealkylation sites (tertiary alicyclic amines) is 1. The largest absolute Gasteiger partial charge is 0.382 e. The number of aromatic amines is 1. The molecule has 2 aromatic carbocycles. The highest BCUT2D eigenvalue weighted by Gasteiger charge is 2.25. The highest BCUT2D eigenvalue weighted by Crippen LogP contribution is 2.37. The third kappa shape index (κ3) is 5.19. The number of nitrogens with zero attached hydrogens (tertiary/aromatic N) is 3. The summed E-state index contributed by atoms with van der Waals surface area (Å²) in [6, 6.07) is 21.5. The Morgan fingerprint density at radius 2 is 1.71 bits per heavy atom. The van der Waals surface area contributed by atoms with Crippen LogP contribution in [0.15, 0.2) is 60.7 Å². The van der Waals surface area contributed by atoms with E-state index in [0.717, 1.165) is 68.7 Å². The Labute approximate surface area is 223 Å². The van der Waals surface area contributed by atoms with Crippen molar-refractivity contribution >= 4 is 28.3 Å². The quantitative estimate of drug-likeness (QED) is 0.284. The van der Waals surface area contributed by atoms with Gasteiger partial charge in [0.05, 0.1) is 11.4 Å². The lowest BCUT2D eigenvalue weighted by Crippen LogP contribution is -2.36. The van der Waals surface area contributed by atoms with E-state index in [1.807, 2.05) is 30.3 Å². The van der Waals surface area contributed by atoms with Gasteiger partial charge in [-0.15, -0.1) is 0 Å². The molecule has 1 saturated heterocycles. The van der Waals surface area contributed by atoms with Crippen LogP contribution in [0.1, 0.15) is 54.9 Å². The number of hydrogen-bond donors (Lipinski definition) is 4. The van der Waals surface area contributed by atoms with Gasteiger partial charge < -0.3 is 25.8 Å². The molecular formula is C30H37N7O. The van der Waals surface area contributed by atoms with E-state index in [-0.39, 0.29) is 5.91 Å². The molecule has 4 aromatic rings. The zero-order valence-electron chi connectivity index (χ0n) is 22.0. The normalized spacial score (nSPS) is 21.0. The van der Waals surface area contributed by atoms with Crippen LogP contribution >= 0.6 is 0 Å². The van der Waals surface area contributed by atoms with Crippen molar-refractivity contribution in [2.24, 2.45) is 5.73 Å². The molecule has 2 aromatic heterocycles. The summed E-state index contributed by atoms with van der Waals surface area (Å²) in [5, 5.41) is 15.3. The number of carbonyl (C=O) groups excluding carboxylic acids is 1. The van der Waals surface area contributed by atoms with E-state index >= 15 is 0 Å². The van der Waals surface area contributed by atoms with E-state index in [1.54, 1.807) is 0 Å². The third-order valence-electron chi connectivity index (χ3n) is 8.19. The zero-order chi connectivity index (χ0) is 26.1. The number of nitrogens with one attached hydrogen (secondary N) is 3. The fraction of sp³-hybridized carbons (Fsp3) is 0.400. The number of H-pyrrole nitrogens is 1. The van der Waals surface area contributed by atoms with Crippen LogP contribution in [-0.2, 0) is 0 Å². The van der Waals surface area contributed by atoms with Gasteiger partial charge in [0.25, 0.3) is 5.91 Å². The molecular weight excluding hydrogens is 474 g/mol. The van der Waals surface area contributed by atoms with Crippen molar-refractivity contribution in [2.75, 3.05) is 30.8 Å². The first-order valence-corrected chi connectivity index (χ1v) is 13.8. The average Bonchev–Trinajstić information content (AvgIpc) is 3.55. The minimum Gasteiger partial charge on any atom is -0.382 e. The first-order valence-electron chi connectivity index (χ1n) is 13.8. The first kappa shape index (κ1) is 24.7. The molecule has 2 aliphatic rings. The Bertz CT molecular complexity index is 1390. The molecule has 1 aliphatic carbocycles. The molecule has 198 valence electrons.